The van der Waals surface area contributed by atoms with Crippen molar-refractivity contribution in [3.05, 3.63) is 58.2 Å². The number of carbonyl (C=O) groups excluding carboxylic acids is 1. The summed E-state index contributed by atoms with van der Waals surface area (Å²) in [5.41, 5.74) is -0.161. The van der Waals surface area contributed by atoms with Crippen molar-refractivity contribution in [2.24, 2.45) is 0 Å². The number of carbonyl (C=O) groups is 1. The van der Waals surface area contributed by atoms with E-state index in [1.54, 1.807) is 37.3 Å². The molecule has 2 rings (SSSR count). The predicted octanol–water partition coefficient (Wildman–Crippen LogP) is 4.33. The number of ketones is 1. The summed E-state index contributed by atoms with van der Waals surface area (Å²) >= 11 is 11.7. The van der Waals surface area contributed by atoms with Crippen molar-refractivity contribution >= 4 is 29.0 Å². The Morgan fingerprint density at radius 3 is 2.48 bits per heavy atom. The van der Waals surface area contributed by atoms with Crippen LogP contribution in [0.4, 0.5) is 0 Å². The number of pyridine rings is 1. The largest absolute Gasteiger partial charge is 0.474 e. The third kappa shape index (κ3) is 5.20. The van der Waals surface area contributed by atoms with E-state index in [1.165, 1.54) is 6.92 Å². The van der Waals surface area contributed by atoms with Crippen LogP contribution in [0.15, 0.2) is 42.5 Å². The molecule has 1 unspecified atom stereocenters. The molecule has 0 aliphatic heterocycles. The van der Waals surface area contributed by atoms with Crippen molar-refractivity contribution in [1.82, 2.24) is 4.98 Å². The Kier molecular flexibility index (Phi) is 5.99. The number of ether oxygens (including phenoxy) is 2. The lowest BCUT2D eigenvalue weighted by Crippen LogP contribution is -2.42. The molecule has 4 nitrogen and oxygen atoms in total. The van der Waals surface area contributed by atoms with Gasteiger partial charge in [-0.15, -0.1) is 0 Å². The van der Waals surface area contributed by atoms with E-state index in [0.717, 1.165) is 5.56 Å². The molecular formula is C17H17Cl2NO3. The van der Waals surface area contributed by atoms with Crippen molar-refractivity contribution in [2.75, 3.05) is 6.61 Å². The van der Waals surface area contributed by atoms with Crippen molar-refractivity contribution in [1.29, 1.82) is 0 Å². The lowest BCUT2D eigenvalue weighted by molar-refractivity contribution is -0.146. The highest BCUT2D eigenvalue weighted by Crippen LogP contribution is 2.19. The molecule has 1 aromatic heterocycles. The zero-order valence-electron chi connectivity index (χ0n) is 12.9. The molecule has 0 bridgehead atoms. The van der Waals surface area contributed by atoms with E-state index in [0.29, 0.717) is 16.1 Å². The van der Waals surface area contributed by atoms with Crippen LogP contribution in [0.25, 0.3) is 0 Å². The van der Waals surface area contributed by atoms with Crippen LogP contribution >= 0.6 is 23.2 Å². The molecule has 1 heterocycles. The molecule has 0 amide bonds. The predicted molar refractivity (Wildman–Crippen MR) is 90.1 cm³/mol. The van der Waals surface area contributed by atoms with E-state index >= 15 is 0 Å². The first-order chi connectivity index (χ1) is 10.9. The first-order valence-corrected chi connectivity index (χ1v) is 7.79. The summed E-state index contributed by atoms with van der Waals surface area (Å²) in [6, 6.07) is 12.3. The quantitative estimate of drug-likeness (QED) is 0.695. The Labute approximate surface area is 145 Å². The van der Waals surface area contributed by atoms with Gasteiger partial charge in [0, 0.05) is 11.1 Å². The van der Waals surface area contributed by atoms with Gasteiger partial charge in [0.2, 0.25) is 5.88 Å². The van der Waals surface area contributed by atoms with Crippen LogP contribution in [0.1, 0.15) is 19.4 Å². The summed E-state index contributed by atoms with van der Waals surface area (Å²) < 4.78 is 11.3. The molecule has 2 aromatic rings. The Hall–Kier alpha value is -1.62. The Morgan fingerprint density at radius 1 is 1.17 bits per heavy atom. The lowest BCUT2D eigenvalue weighted by atomic mass is 10.0. The summed E-state index contributed by atoms with van der Waals surface area (Å²) in [6.07, 6.45) is 0. The maximum Gasteiger partial charge on any atom is 0.214 e. The second-order valence-corrected chi connectivity index (χ2v) is 6.11. The van der Waals surface area contributed by atoms with E-state index in [4.69, 9.17) is 32.7 Å². The standard InChI is InChI=1S/C17H17Cl2NO3/c1-12(21)17(2,11-22-16-5-3-4-15(19)20-16)23-10-13-6-8-14(18)9-7-13/h3-9H,10-11H2,1-2H3. The lowest BCUT2D eigenvalue weighted by Gasteiger charge is -2.27. The van der Waals surface area contributed by atoms with Crippen molar-refractivity contribution in [3.8, 4) is 5.88 Å². The second kappa shape index (κ2) is 7.77. The van der Waals surface area contributed by atoms with Crippen LogP contribution in [-0.4, -0.2) is 23.0 Å². The van der Waals surface area contributed by atoms with Gasteiger partial charge < -0.3 is 9.47 Å². The van der Waals surface area contributed by atoms with Crippen LogP contribution in [0.3, 0.4) is 0 Å². The first-order valence-electron chi connectivity index (χ1n) is 7.04. The minimum Gasteiger partial charge on any atom is -0.474 e. The van der Waals surface area contributed by atoms with Gasteiger partial charge in [-0.2, -0.15) is 0 Å². The van der Waals surface area contributed by atoms with Crippen LogP contribution in [0.5, 0.6) is 5.88 Å². The Morgan fingerprint density at radius 2 is 1.87 bits per heavy atom. The van der Waals surface area contributed by atoms with Gasteiger partial charge in [-0.3, -0.25) is 4.79 Å². The number of nitrogens with zero attached hydrogens (tertiary/aromatic N) is 1. The van der Waals surface area contributed by atoms with Gasteiger partial charge in [-0.25, -0.2) is 4.98 Å². The van der Waals surface area contributed by atoms with Gasteiger partial charge in [-0.1, -0.05) is 41.4 Å². The minimum atomic E-state index is -1.08. The van der Waals surface area contributed by atoms with E-state index < -0.39 is 5.60 Å². The monoisotopic (exact) mass is 353 g/mol. The van der Waals surface area contributed by atoms with Gasteiger partial charge in [0.1, 0.15) is 11.8 Å². The summed E-state index contributed by atoms with van der Waals surface area (Å²) in [5, 5.41) is 0.979. The molecule has 0 saturated heterocycles. The number of rotatable bonds is 7. The number of benzene rings is 1. The summed E-state index contributed by atoms with van der Waals surface area (Å²) in [4.78, 5) is 16.0. The second-order valence-electron chi connectivity index (χ2n) is 5.29. The zero-order valence-corrected chi connectivity index (χ0v) is 14.4. The molecule has 0 N–H and O–H groups in total. The van der Waals surface area contributed by atoms with Crippen molar-refractivity contribution in [3.63, 3.8) is 0 Å². The van der Waals surface area contributed by atoms with Crippen LogP contribution < -0.4 is 4.74 Å². The fraction of sp³-hybridized carbons (Fsp3) is 0.294. The van der Waals surface area contributed by atoms with Gasteiger partial charge in [-0.05, 0) is 37.6 Å². The maximum absolute atomic E-state index is 12.0. The van der Waals surface area contributed by atoms with E-state index in [-0.39, 0.29) is 19.0 Å². The summed E-state index contributed by atoms with van der Waals surface area (Å²) in [7, 11) is 0. The van der Waals surface area contributed by atoms with Crippen LogP contribution in [0, 0.1) is 0 Å². The smallest absolute Gasteiger partial charge is 0.214 e. The highest BCUT2D eigenvalue weighted by molar-refractivity contribution is 6.30. The Balaban J connectivity index is 2.00. The van der Waals surface area contributed by atoms with Gasteiger partial charge in [0.25, 0.3) is 0 Å². The highest BCUT2D eigenvalue weighted by Gasteiger charge is 2.32. The van der Waals surface area contributed by atoms with E-state index in [9.17, 15) is 4.79 Å². The van der Waals surface area contributed by atoms with E-state index in [2.05, 4.69) is 4.98 Å². The number of hydrogen-bond donors (Lipinski definition) is 0. The first kappa shape index (κ1) is 17.7. The molecule has 0 aliphatic rings. The number of aromatic nitrogens is 1. The summed E-state index contributed by atoms with van der Waals surface area (Å²) in [5.74, 6) is 0.216. The molecule has 0 aliphatic carbocycles. The molecule has 6 heteroatoms. The molecule has 122 valence electrons. The third-order valence-electron chi connectivity index (χ3n) is 3.40. The number of hydrogen-bond acceptors (Lipinski definition) is 4. The van der Waals surface area contributed by atoms with Gasteiger partial charge in [0.05, 0.1) is 6.61 Å². The topological polar surface area (TPSA) is 48.4 Å². The SMILES string of the molecule is CC(=O)C(C)(COc1cccc(Cl)n1)OCc1ccc(Cl)cc1. The zero-order chi connectivity index (χ0) is 16.9. The fourth-order valence-electron chi connectivity index (χ4n) is 1.75. The molecule has 0 radical (unpaired) electrons. The minimum absolute atomic E-state index is 0.0449. The number of halogens is 2. The summed E-state index contributed by atoms with van der Waals surface area (Å²) in [6.45, 7) is 3.48. The average Bonchev–Trinajstić information content (AvgIpc) is 2.52. The molecule has 0 saturated carbocycles. The van der Waals surface area contributed by atoms with Crippen LogP contribution in [0.2, 0.25) is 10.2 Å². The Bertz CT molecular complexity index is 676. The molecule has 1 aromatic carbocycles. The van der Waals surface area contributed by atoms with E-state index in [1.807, 2.05) is 12.1 Å². The van der Waals surface area contributed by atoms with Gasteiger partial charge in [0.15, 0.2) is 11.4 Å². The number of Topliss-reactive ketones (excluding diaryl/α,β-unsaturated/α-hetero) is 1. The molecule has 0 spiro atoms. The molecule has 0 fully saturated rings. The molecular weight excluding hydrogens is 337 g/mol. The maximum atomic E-state index is 12.0. The van der Waals surface area contributed by atoms with Crippen molar-refractivity contribution in [2.45, 2.75) is 26.1 Å². The molecule has 23 heavy (non-hydrogen) atoms. The fourth-order valence-corrected chi connectivity index (χ4v) is 2.03. The highest BCUT2D eigenvalue weighted by atomic mass is 35.5. The molecule has 1 atom stereocenters. The third-order valence-corrected chi connectivity index (χ3v) is 3.86. The normalized spacial score (nSPS) is 13.4. The average molecular weight is 354 g/mol. The van der Waals surface area contributed by atoms with Crippen molar-refractivity contribution < 1.29 is 14.3 Å². The van der Waals surface area contributed by atoms with Gasteiger partial charge >= 0.3 is 0 Å². The van der Waals surface area contributed by atoms with Crippen LogP contribution in [-0.2, 0) is 16.1 Å².